The average Bonchev–Trinajstić information content (AvgIpc) is 2.47. The summed E-state index contributed by atoms with van der Waals surface area (Å²) in [4.78, 5) is 4.47. The number of nitrogens with zero attached hydrogens (tertiary/aromatic N) is 1. The molecule has 0 aliphatic rings. The Morgan fingerprint density at radius 2 is 1.79 bits per heavy atom. The van der Waals surface area contributed by atoms with Crippen molar-refractivity contribution in [1.29, 1.82) is 0 Å². The van der Waals surface area contributed by atoms with Crippen LogP contribution in [0.4, 0.5) is 0 Å². The first-order valence-corrected chi connectivity index (χ1v) is 6.55. The highest BCUT2D eigenvalue weighted by Crippen LogP contribution is 2.30. The Labute approximate surface area is 116 Å². The van der Waals surface area contributed by atoms with Crippen LogP contribution in [0.2, 0.25) is 0 Å². The summed E-state index contributed by atoms with van der Waals surface area (Å²) < 4.78 is 0. The van der Waals surface area contributed by atoms with E-state index in [1.165, 1.54) is 0 Å². The summed E-state index contributed by atoms with van der Waals surface area (Å²) in [5.41, 5.74) is 4.09. The third-order valence-electron chi connectivity index (χ3n) is 3.18. The van der Waals surface area contributed by atoms with E-state index in [0.717, 1.165) is 27.6 Å². The Morgan fingerprint density at radius 3 is 2.53 bits per heavy atom. The molecule has 1 aromatic heterocycles. The van der Waals surface area contributed by atoms with Gasteiger partial charge in [0.15, 0.2) is 0 Å². The SMILES string of the molecule is Oc1ccc(-c2ccc(CCl)c3cccnc23)cc1. The van der Waals surface area contributed by atoms with Crippen LogP contribution in [0.15, 0.2) is 54.7 Å². The maximum atomic E-state index is 9.37. The summed E-state index contributed by atoms with van der Waals surface area (Å²) >= 11 is 5.96. The molecule has 1 heterocycles. The van der Waals surface area contributed by atoms with E-state index in [0.29, 0.717) is 5.88 Å². The number of fused-ring (bicyclic) bond motifs is 1. The van der Waals surface area contributed by atoms with E-state index in [4.69, 9.17) is 11.6 Å². The molecule has 1 N–H and O–H groups in total. The first-order valence-electron chi connectivity index (χ1n) is 6.01. The number of alkyl halides is 1. The zero-order chi connectivity index (χ0) is 13.2. The molecule has 0 atom stereocenters. The van der Waals surface area contributed by atoms with Crippen molar-refractivity contribution in [3.63, 3.8) is 0 Å². The third kappa shape index (κ3) is 2.15. The highest BCUT2D eigenvalue weighted by Gasteiger charge is 2.08. The summed E-state index contributed by atoms with van der Waals surface area (Å²) in [7, 11) is 0. The van der Waals surface area contributed by atoms with E-state index in [-0.39, 0.29) is 5.75 Å². The third-order valence-corrected chi connectivity index (χ3v) is 3.47. The normalized spacial score (nSPS) is 10.8. The largest absolute Gasteiger partial charge is 0.508 e. The Bertz CT molecular complexity index is 722. The standard InChI is InChI=1S/C16H12ClNO/c17-10-12-5-8-15(11-3-6-13(19)7-4-11)16-14(12)2-1-9-18-16/h1-9,19H,10H2. The molecule has 0 radical (unpaired) electrons. The van der Waals surface area contributed by atoms with Crippen LogP contribution in [0, 0.1) is 0 Å². The highest BCUT2D eigenvalue weighted by atomic mass is 35.5. The molecule has 0 saturated heterocycles. The Morgan fingerprint density at radius 1 is 1.00 bits per heavy atom. The molecule has 0 spiro atoms. The fourth-order valence-corrected chi connectivity index (χ4v) is 2.46. The zero-order valence-electron chi connectivity index (χ0n) is 10.2. The first kappa shape index (κ1) is 12.0. The number of halogens is 1. The van der Waals surface area contributed by atoms with Gasteiger partial charge in [-0.05, 0) is 29.3 Å². The molecule has 3 rings (SSSR count). The summed E-state index contributed by atoms with van der Waals surface area (Å²) in [6.45, 7) is 0. The van der Waals surface area contributed by atoms with Gasteiger partial charge in [0.2, 0.25) is 0 Å². The van der Waals surface area contributed by atoms with Crippen LogP contribution >= 0.6 is 11.6 Å². The molecule has 19 heavy (non-hydrogen) atoms. The maximum absolute atomic E-state index is 9.37. The quantitative estimate of drug-likeness (QED) is 0.702. The van der Waals surface area contributed by atoms with Crippen molar-refractivity contribution >= 4 is 22.5 Å². The minimum absolute atomic E-state index is 0.262. The minimum atomic E-state index is 0.262. The number of phenols is 1. The summed E-state index contributed by atoms with van der Waals surface area (Å²) in [5.74, 6) is 0.733. The molecule has 3 heteroatoms. The van der Waals surface area contributed by atoms with Gasteiger partial charge in [0.05, 0.1) is 5.52 Å². The van der Waals surface area contributed by atoms with E-state index < -0.39 is 0 Å². The number of phenolic OH excluding ortho intramolecular Hbond substituents is 1. The van der Waals surface area contributed by atoms with Gasteiger partial charge in [0.1, 0.15) is 5.75 Å². The van der Waals surface area contributed by atoms with Crippen molar-refractivity contribution < 1.29 is 5.11 Å². The summed E-state index contributed by atoms with van der Waals surface area (Å²) in [5, 5.41) is 10.4. The summed E-state index contributed by atoms with van der Waals surface area (Å²) in [6, 6.07) is 15.1. The second-order valence-corrected chi connectivity index (χ2v) is 4.62. The van der Waals surface area contributed by atoms with Gasteiger partial charge < -0.3 is 5.11 Å². The van der Waals surface area contributed by atoms with Crippen LogP contribution in [0.25, 0.3) is 22.0 Å². The average molecular weight is 270 g/mol. The van der Waals surface area contributed by atoms with Crippen LogP contribution in [-0.2, 0) is 5.88 Å². The predicted octanol–water partition coefficient (Wildman–Crippen LogP) is 4.35. The highest BCUT2D eigenvalue weighted by molar-refractivity contribution is 6.18. The molecule has 0 amide bonds. The molecule has 2 aromatic carbocycles. The van der Waals surface area contributed by atoms with Gasteiger partial charge in [-0.3, -0.25) is 4.98 Å². The molecule has 3 aromatic rings. The smallest absolute Gasteiger partial charge is 0.115 e. The molecule has 94 valence electrons. The Hall–Kier alpha value is -2.06. The lowest BCUT2D eigenvalue weighted by atomic mass is 9.99. The number of hydrogen-bond donors (Lipinski definition) is 1. The van der Waals surface area contributed by atoms with E-state index in [2.05, 4.69) is 4.98 Å². The Balaban J connectivity index is 2.27. The lowest BCUT2D eigenvalue weighted by Gasteiger charge is -2.09. The van der Waals surface area contributed by atoms with E-state index in [1.807, 2.05) is 36.4 Å². The van der Waals surface area contributed by atoms with Crippen molar-refractivity contribution in [1.82, 2.24) is 4.98 Å². The number of rotatable bonds is 2. The second kappa shape index (κ2) is 4.90. The fraction of sp³-hybridized carbons (Fsp3) is 0.0625. The lowest BCUT2D eigenvalue weighted by Crippen LogP contribution is -1.89. The fourth-order valence-electron chi connectivity index (χ4n) is 2.22. The van der Waals surface area contributed by atoms with Crippen molar-refractivity contribution in [2.45, 2.75) is 5.88 Å². The van der Waals surface area contributed by atoms with Crippen LogP contribution in [0.5, 0.6) is 5.75 Å². The van der Waals surface area contributed by atoms with E-state index in [1.54, 1.807) is 18.3 Å². The first-order chi connectivity index (χ1) is 9.29. The lowest BCUT2D eigenvalue weighted by molar-refractivity contribution is 0.475. The monoisotopic (exact) mass is 269 g/mol. The van der Waals surface area contributed by atoms with Gasteiger partial charge in [-0.25, -0.2) is 0 Å². The van der Waals surface area contributed by atoms with Crippen molar-refractivity contribution in [3.05, 3.63) is 60.3 Å². The molecule has 0 aliphatic heterocycles. The van der Waals surface area contributed by atoms with Crippen LogP contribution in [-0.4, -0.2) is 10.1 Å². The summed E-state index contributed by atoms with van der Waals surface area (Å²) in [6.07, 6.45) is 1.78. The molecule has 0 bridgehead atoms. The number of benzene rings is 2. The zero-order valence-corrected chi connectivity index (χ0v) is 10.9. The van der Waals surface area contributed by atoms with Crippen molar-refractivity contribution in [3.8, 4) is 16.9 Å². The number of hydrogen-bond acceptors (Lipinski definition) is 2. The van der Waals surface area contributed by atoms with Gasteiger partial charge in [0.25, 0.3) is 0 Å². The molecule has 0 aliphatic carbocycles. The number of pyridine rings is 1. The molecular formula is C16H12ClNO. The van der Waals surface area contributed by atoms with Crippen LogP contribution < -0.4 is 0 Å². The van der Waals surface area contributed by atoms with Gasteiger partial charge >= 0.3 is 0 Å². The molecule has 2 nitrogen and oxygen atoms in total. The second-order valence-electron chi connectivity index (χ2n) is 4.35. The Kier molecular flexibility index (Phi) is 3.10. The molecular weight excluding hydrogens is 258 g/mol. The van der Waals surface area contributed by atoms with Crippen molar-refractivity contribution in [2.75, 3.05) is 0 Å². The van der Waals surface area contributed by atoms with Crippen molar-refractivity contribution in [2.24, 2.45) is 0 Å². The maximum Gasteiger partial charge on any atom is 0.115 e. The topological polar surface area (TPSA) is 33.1 Å². The number of aromatic hydroxyl groups is 1. The predicted molar refractivity (Wildman–Crippen MR) is 78.4 cm³/mol. The van der Waals surface area contributed by atoms with E-state index >= 15 is 0 Å². The molecule has 0 fully saturated rings. The molecule has 0 saturated carbocycles. The number of aromatic nitrogens is 1. The van der Waals surface area contributed by atoms with Gasteiger partial charge in [-0.1, -0.05) is 30.3 Å². The van der Waals surface area contributed by atoms with Crippen LogP contribution in [0.1, 0.15) is 5.56 Å². The van der Waals surface area contributed by atoms with E-state index in [9.17, 15) is 5.11 Å². The van der Waals surface area contributed by atoms with Crippen LogP contribution in [0.3, 0.4) is 0 Å². The van der Waals surface area contributed by atoms with Gasteiger partial charge in [0, 0.05) is 23.0 Å². The van der Waals surface area contributed by atoms with Gasteiger partial charge in [-0.2, -0.15) is 0 Å². The minimum Gasteiger partial charge on any atom is -0.508 e. The van der Waals surface area contributed by atoms with Gasteiger partial charge in [-0.15, -0.1) is 11.6 Å². The molecule has 0 unspecified atom stereocenters.